The minimum absolute atomic E-state index is 0.306. The standard InChI is InChI=1S/C33H30N4O2/c1-4-7-31-34-28-15-14-25(29-20-36-22(3)16-21(2)17-32(36)35-29)18-30(28)37(31)19-23-10-12-24(13-11-23)26-8-5-6-9-27(26)33(38)39/h5-6,8-18,20H,4,7,19H2,1-3H3,(H,38,39). The molecular formula is C33H30N4O2. The molecule has 3 heterocycles. The van der Waals surface area contributed by atoms with E-state index in [0.29, 0.717) is 12.1 Å². The van der Waals surface area contributed by atoms with Crippen LogP contribution in [-0.4, -0.2) is 30.0 Å². The van der Waals surface area contributed by atoms with Crippen LogP contribution in [0.3, 0.4) is 0 Å². The summed E-state index contributed by atoms with van der Waals surface area (Å²) < 4.78 is 4.43. The number of benzene rings is 3. The summed E-state index contributed by atoms with van der Waals surface area (Å²) in [4.78, 5) is 21.6. The Bertz CT molecular complexity index is 1840. The number of fused-ring (bicyclic) bond motifs is 2. The molecule has 0 saturated carbocycles. The van der Waals surface area contributed by atoms with E-state index in [1.165, 1.54) is 5.56 Å². The van der Waals surface area contributed by atoms with Gasteiger partial charge < -0.3 is 14.1 Å². The van der Waals surface area contributed by atoms with Gasteiger partial charge in [0.15, 0.2) is 0 Å². The van der Waals surface area contributed by atoms with E-state index in [9.17, 15) is 9.90 Å². The lowest BCUT2D eigenvalue weighted by Crippen LogP contribution is -2.05. The van der Waals surface area contributed by atoms with Gasteiger partial charge in [-0.2, -0.15) is 0 Å². The van der Waals surface area contributed by atoms with Crippen molar-refractivity contribution in [3.63, 3.8) is 0 Å². The highest BCUT2D eigenvalue weighted by atomic mass is 16.4. The van der Waals surface area contributed by atoms with E-state index in [1.54, 1.807) is 12.1 Å². The Morgan fingerprint density at radius 1 is 0.897 bits per heavy atom. The van der Waals surface area contributed by atoms with Gasteiger partial charge in [0, 0.05) is 30.4 Å². The van der Waals surface area contributed by atoms with E-state index in [1.807, 2.05) is 24.3 Å². The minimum Gasteiger partial charge on any atom is -0.478 e. The van der Waals surface area contributed by atoms with E-state index >= 15 is 0 Å². The molecule has 0 aliphatic heterocycles. The summed E-state index contributed by atoms with van der Waals surface area (Å²) in [6.07, 6.45) is 4.00. The first kappa shape index (κ1) is 24.6. The minimum atomic E-state index is -0.921. The lowest BCUT2D eigenvalue weighted by Gasteiger charge is -2.11. The van der Waals surface area contributed by atoms with Crippen LogP contribution in [0, 0.1) is 13.8 Å². The van der Waals surface area contributed by atoms with Crippen molar-refractivity contribution >= 4 is 22.6 Å². The maximum Gasteiger partial charge on any atom is 0.336 e. The van der Waals surface area contributed by atoms with E-state index in [2.05, 4.69) is 78.4 Å². The molecule has 6 heteroatoms. The number of aryl methyl sites for hydroxylation is 3. The summed E-state index contributed by atoms with van der Waals surface area (Å²) >= 11 is 0. The maximum atomic E-state index is 11.7. The van der Waals surface area contributed by atoms with Crippen LogP contribution in [-0.2, 0) is 13.0 Å². The highest BCUT2D eigenvalue weighted by molar-refractivity contribution is 5.96. The molecule has 39 heavy (non-hydrogen) atoms. The molecule has 1 N–H and O–H groups in total. The molecule has 0 saturated heterocycles. The summed E-state index contributed by atoms with van der Waals surface area (Å²) in [5.74, 6) is 0.141. The van der Waals surface area contributed by atoms with Crippen molar-refractivity contribution in [2.45, 2.75) is 40.2 Å². The third kappa shape index (κ3) is 4.59. The molecule has 194 valence electrons. The van der Waals surface area contributed by atoms with Crippen molar-refractivity contribution in [1.82, 2.24) is 18.9 Å². The molecule has 0 atom stereocenters. The summed E-state index contributed by atoms with van der Waals surface area (Å²) in [6.45, 7) is 7.05. The third-order valence-electron chi connectivity index (χ3n) is 7.27. The number of carbonyl (C=O) groups is 1. The number of rotatable bonds is 7. The van der Waals surface area contributed by atoms with E-state index in [-0.39, 0.29) is 0 Å². The quantitative estimate of drug-likeness (QED) is 0.242. The van der Waals surface area contributed by atoms with Gasteiger partial charge in [0.25, 0.3) is 0 Å². The van der Waals surface area contributed by atoms with Crippen LogP contribution in [0.1, 0.15) is 46.3 Å². The molecule has 6 aromatic rings. The Morgan fingerprint density at radius 2 is 1.67 bits per heavy atom. The zero-order valence-corrected chi connectivity index (χ0v) is 22.3. The Kier molecular flexibility index (Phi) is 6.23. The van der Waals surface area contributed by atoms with Gasteiger partial charge in [-0.05, 0) is 72.9 Å². The van der Waals surface area contributed by atoms with Gasteiger partial charge in [0.1, 0.15) is 11.5 Å². The fraction of sp³-hybridized carbons (Fsp3) is 0.182. The molecule has 0 bridgehead atoms. The Morgan fingerprint density at radius 3 is 2.44 bits per heavy atom. The second kappa shape index (κ2) is 9.87. The lowest BCUT2D eigenvalue weighted by molar-refractivity contribution is 0.0697. The molecule has 6 nitrogen and oxygen atoms in total. The van der Waals surface area contributed by atoms with Crippen molar-refractivity contribution in [3.05, 3.63) is 113 Å². The Hall–Kier alpha value is -4.71. The molecule has 0 amide bonds. The predicted molar refractivity (Wildman–Crippen MR) is 155 cm³/mol. The number of hydrogen-bond donors (Lipinski definition) is 1. The van der Waals surface area contributed by atoms with Gasteiger partial charge >= 0.3 is 5.97 Å². The largest absolute Gasteiger partial charge is 0.478 e. The third-order valence-corrected chi connectivity index (χ3v) is 7.27. The van der Waals surface area contributed by atoms with E-state index in [4.69, 9.17) is 9.97 Å². The molecule has 0 fully saturated rings. The molecule has 0 aliphatic carbocycles. The van der Waals surface area contributed by atoms with Gasteiger partial charge in [-0.3, -0.25) is 0 Å². The second-order valence-electron chi connectivity index (χ2n) is 10.1. The molecule has 3 aromatic carbocycles. The van der Waals surface area contributed by atoms with Crippen molar-refractivity contribution in [2.75, 3.05) is 0 Å². The van der Waals surface area contributed by atoms with E-state index in [0.717, 1.165) is 69.0 Å². The zero-order valence-electron chi connectivity index (χ0n) is 22.3. The number of imidazole rings is 2. The highest BCUT2D eigenvalue weighted by Crippen LogP contribution is 2.28. The molecule has 0 unspecified atom stereocenters. The maximum absolute atomic E-state index is 11.7. The predicted octanol–water partition coefficient (Wildman–Crippen LogP) is 7.33. The number of nitrogens with zero attached hydrogens (tertiary/aromatic N) is 4. The van der Waals surface area contributed by atoms with Crippen LogP contribution in [0.25, 0.3) is 39.1 Å². The topological polar surface area (TPSA) is 72.4 Å². The SMILES string of the molecule is CCCc1nc2ccc(-c3cn4c(C)cc(C)cc4n3)cc2n1Cc1ccc(-c2ccccc2C(=O)O)cc1. The normalized spacial score (nSPS) is 11.5. The number of carboxylic acids is 1. The number of carboxylic acid groups (broad SMARTS) is 1. The molecule has 6 rings (SSSR count). The van der Waals surface area contributed by atoms with Gasteiger partial charge in [0.05, 0.1) is 22.3 Å². The summed E-state index contributed by atoms with van der Waals surface area (Å²) in [7, 11) is 0. The number of pyridine rings is 1. The van der Waals surface area contributed by atoms with Gasteiger partial charge in [0.2, 0.25) is 0 Å². The molecule has 3 aromatic heterocycles. The van der Waals surface area contributed by atoms with Gasteiger partial charge in [-0.15, -0.1) is 0 Å². The number of aromatic carboxylic acids is 1. The monoisotopic (exact) mass is 514 g/mol. The fourth-order valence-electron chi connectivity index (χ4n) is 5.38. The van der Waals surface area contributed by atoms with Crippen molar-refractivity contribution in [2.24, 2.45) is 0 Å². The number of aromatic nitrogens is 4. The van der Waals surface area contributed by atoms with Crippen LogP contribution >= 0.6 is 0 Å². The first-order valence-electron chi connectivity index (χ1n) is 13.3. The zero-order chi connectivity index (χ0) is 27.1. The van der Waals surface area contributed by atoms with Crippen LogP contribution in [0.4, 0.5) is 0 Å². The van der Waals surface area contributed by atoms with Gasteiger partial charge in [-0.25, -0.2) is 14.8 Å². The average Bonchev–Trinajstić information content (AvgIpc) is 3.51. The average molecular weight is 515 g/mol. The first-order chi connectivity index (χ1) is 18.9. The summed E-state index contributed by atoms with van der Waals surface area (Å²) in [6, 6.07) is 25.9. The first-order valence-corrected chi connectivity index (χ1v) is 13.3. The van der Waals surface area contributed by atoms with Crippen molar-refractivity contribution in [1.29, 1.82) is 0 Å². The van der Waals surface area contributed by atoms with Crippen molar-refractivity contribution in [3.8, 4) is 22.4 Å². The highest BCUT2D eigenvalue weighted by Gasteiger charge is 2.15. The van der Waals surface area contributed by atoms with Crippen LogP contribution < -0.4 is 0 Å². The Labute approximate surface area is 227 Å². The van der Waals surface area contributed by atoms with Crippen LogP contribution in [0.2, 0.25) is 0 Å². The van der Waals surface area contributed by atoms with E-state index < -0.39 is 5.97 Å². The molecular weight excluding hydrogens is 484 g/mol. The van der Waals surface area contributed by atoms with Crippen molar-refractivity contribution < 1.29 is 9.90 Å². The van der Waals surface area contributed by atoms with Gasteiger partial charge in [-0.1, -0.05) is 55.5 Å². The summed E-state index contributed by atoms with van der Waals surface area (Å²) in [5, 5.41) is 9.59. The molecule has 0 radical (unpaired) electrons. The van der Waals surface area contributed by atoms with Crippen LogP contribution in [0.15, 0.2) is 85.1 Å². The summed E-state index contributed by atoms with van der Waals surface area (Å²) in [5.41, 5.74) is 10.4. The second-order valence-corrected chi connectivity index (χ2v) is 10.1. The lowest BCUT2D eigenvalue weighted by atomic mass is 9.99. The molecule has 0 aliphatic rings. The fourth-order valence-corrected chi connectivity index (χ4v) is 5.38. The van der Waals surface area contributed by atoms with Crippen LogP contribution in [0.5, 0.6) is 0 Å². The Balaban J connectivity index is 1.38. The smallest absolute Gasteiger partial charge is 0.336 e. The molecule has 0 spiro atoms. The number of hydrogen-bond acceptors (Lipinski definition) is 3.